The molecule has 3 N–H and O–H groups in total. The Kier molecular flexibility index (Phi) is 7.14. The molecule has 1 aliphatic rings. The number of carbonyl (C=O) groups is 2. The highest BCUT2D eigenvalue weighted by Crippen LogP contribution is 2.32. The van der Waals surface area contributed by atoms with E-state index in [0.29, 0.717) is 23.1 Å². The van der Waals surface area contributed by atoms with Crippen LogP contribution in [-0.2, 0) is 26.0 Å². The third kappa shape index (κ3) is 5.72. The standard InChI is InChI=1S/C21H24N4O4S2/c1-3-14-5-7-15(8-6-14)23-19(26)13-18-20(27)25(4-2)21(30-18)24-16-9-11-17(12-10-16)31(22,28)29/h5-12,18H,3-4,13H2,1-2H3,(H,23,26)(H2,22,28,29). The Hall–Kier alpha value is -2.69. The van der Waals surface area contributed by atoms with Crippen LogP contribution in [0, 0.1) is 0 Å². The van der Waals surface area contributed by atoms with Gasteiger partial charge in [-0.2, -0.15) is 0 Å². The number of amidine groups is 1. The van der Waals surface area contributed by atoms with Crippen LogP contribution in [-0.4, -0.2) is 42.1 Å². The van der Waals surface area contributed by atoms with Gasteiger partial charge in [0, 0.05) is 18.7 Å². The number of nitrogens with zero attached hydrogens (tertiary/aromatic N) is 2. The normalized spacial score (nSPS) is 17.9. The zero-order chi connectivity index (χ0) is 22.6. The summed E-state index contributed by atoms with van der Waals surface area (Å²) in [5, 5.41) is 7.84. The first-order chi connectivity index (χ1) is 14.7. The smallest absolute Gasteiger partial charge is 0.242 e. The molecular weight excluding hydrogens is 436 g/mol. The molecule has 1 atom stereocenters. The van der Waals surface area contributed by atoms with Crippen LogP contribution in [0.3, 0.4) is 0 Å². The van der Waals surface area contributed by atoms with E-state index in [-0.39, 0.29) is 23.1 Å². The molecule has 31 heavy (non-hydrogen) atoms. The van der Waals surface area contributed by atoms with Gasteiger partial charge in [0.05, 0.1) is 10.6 Å². The molecule has 0 aliphatic carbocycles. The van der Waals surface area contributed by atoms with Crippen molar-refractivity contribution in [3.05, 3.63) is 54.1 Å². The van der Waals surface area contributed by atoms with Gasteiger partial charge >= 0.3 is 0 Å². The Morgan fingerprint density at radius 1 is 1.13 bits per heavy atom. The number of nitrogens with one attached hydrogen (secondary N) is 1. The third-order valence-electron chi connectivity index (χ3n) is 4.74. The number of hydrogen-bond donors (Lipinski definition) is 2. The Balaban J connectivity index is 1.70. The van der Waals surface area contributed by atoms with E-state index in [0.717, 1.165) is 6.42 Å². The minimum absolute atomic E-state index is 0.0135. The molecule has 164 valence electrons. The maximum Gasteiger partial charge on any atom is 0.242 e. The lowest BCUT2D eigenvalue weighted by Crippen LogP contribution is -2.33. The number of benzene rings is 2. The number of anilines is 1. The molecule has 0 bridgehead atoms. The van der Waals surface area contributed by atoms with Crippen LogP contribution < -0.4 is 10.5 Å². The molecule has 10 heteroatoms. The van der Waals surface area contributed by atoms with Gasteiger partial charge < -0.3 is 5.32 Å². The number of nitrogens with two attached hydrogens (primary N) is 1. The summed E-state index contributed by atoms with van der Waals surface area (Å²) in [6.07, 6.45) is 0.945. The first kappa shape index (κ1) is 23.0. The number of rotatable bonds is 7. The van der Waals surface area contributed by atoms with Crippen LogP contribution in [0.1, 0.15) is 25.8 Å². The molecule has 2 amide bonds. The fourth-order valence-electron chi connectivity index (χ4n) is 3.04. The van der Waals surface area contributed by atoms with Gasteiger partial charge in [-0.15, -0.1) is 0 Å². The number of amides is 2. The second kappa shape index (κ2) is 9.63. The fraction of sp³-hybridized carbons (Fsp3) is 0.286. The minimum Gasteiger partial charge on any atom is -0.326 e. The van der Waals surface area contributed by atoms with E-state index < -0.39 is 15.3 Å². The zero-order valence-corrected chi connectivity index (χ0v) is 18.9. The average molecular weight is 461 g/mol. The van der Waals surface area contributed by atoms with Crippen molar-refractivity contribution in [1.29, 1.82) is 0 Å². The second-order valence-corrected chi connectivity index (χ2v) is 9.66. The largest absolute Gasteiger partial charge is 0.326 e. The molecule has 1 unspecified atom stereocenters. The predicted octanol–water partition coefficient (Wildman–Crippen LogP) is 2.88. The number of aryl methyl sites for hydroxylation is 1. The van der Waals surface area contributed by atoms with Crippen molar-refractivity contribution >= 4 is 50.1 Å². The molecule has 1 heterocycles. The molecule has 0 saturated carbocycles. The number of sulfonamides is 1. The van der Waals surface area contributed by atoms with Crippen molar-refractivity contribution in [2.24, 2.45) is 10.1 Å². The summed E-state index contributed by atoms with van der Waals surface area (Å²) in [6.45, 7) is 4.30. The van der Waals surface area contributed by atoms with Gasteiger partial charge in [0.1, 0.15) is 5.25 Å². The van der Waals surface area contributed by atoms with Crippen molar-refractivity contribution < 1.29 is 18.0 Å². The van der Waals surface area contributed by atoms with E-state index in [1.54, 1.807) is 0 Å². The number of thioether (sulfide) groups is 1. The molecule has 1 aliphatic heterocycles. The molecular formula is C21H24N4O4S2. The summed E-state index contributed by atoms with van der Waals surface area (Å²) in [5.41, 5.74) is 2.35. The second-order valence-electron chi connectivity index (χ2n) is 6.93. The predicted molar refractivity (Wildman–Crippen MR) is 123 cm³/mol. The molecule has 0 spiro atoms. The topological polar surface area (TPSA) is 122 Å². The van der Waals surface area contributed by atoms with Gasteiger partial charge in [-0.3, -0.25) is 14.5 Å². The van der Waals surface area contributed by atoms with Gasteiger partial charge in [0.2, 0.25) is 21.8 Å². The first-order valence-corrected chi connectivity index (χ1v) is 12.2. The van der Waals surface area contributed by atoms with Gasteiger partial charge in [0.15, 0.2) is 5.17 Å². The number of carbonyl (C=O) groups excluding carboxylic acids is 2. The van der Waals surface area contributed by atoms with Crippen molar-refractivity contribution in [2.45, 2.75) is 36.8 Å². The van der Waals surface area contributed by atoms with Crippen molar-refractivity contribution in [2.75, 3.05) is 11.9 Å². The van der Waals surface area contributed by atoms with Crippen LogP contribution in [0.15, 0.2) is 58.4 Å². The van der Waals surface area contributed by atoms with Gasteiger partial charge in [0.25, 0.3) is 0 Å². The Morgan fingerprint density at radius 2 is 1.77 bits per heavy atom. The first-order valence-electron chi connectivity index (χ1n) is 9.79. The van der Waals surface area contributed by atoms with Gasteiger partial charge in [-0.1, -0.05) is 30.8 Å². The molecule has 2 aromatic rings. The lowest BCUT2D eigenvalue weighted by atomic mass is 10.1. The minimum atomic E-state index is -3.79. The number of hydrogen-bond acceptors (Lipinski definition) is 6. The Bertz CT molecular complexity index is 1100. The molecule has 0 radical (unpaired) electrons. The van der Waals surface area contributed by atoms with Crippen molar-refractivity contribution in [3.63, 3.8) is 0 Å². The fourth-order valence-corrected chi connectivity index (χ4v) is 4.78. The molecule has 3 rings (SSSR count). The van der Waals surface area contributed by atoms with Crippen molar-refractivity contribution in [3.8, 4) is 0 Å². The monoisotopic (exact) mass is 460 g/mol. The highest BCUT2D eigenvalue weighted by molar-refractivity contribution is 8.15. The van der Waals surface area contributed by atoms with Crippen LogP contribution in [0.4, 0.5) is 11.4 Å². The summed E-state index contributed by atoms with van der Waals surface area (Å²) in [5.74, 6) is -0.422. The average Bonchev–Trinajstić information content (AvgIpc) is 3.02. The summed E-state index contributed by atoms with van der Waals surface area (Å²) in [7, 11) is -3.79. The quantitative estimate of drug-likeness (QED) is 0.658. The third-order valence-corrected chi connectivity index (χ3v) is 6.85. The lowest BCUT2D eigenvalue weighted by Gasteiger charge is -2.13. The molecule has 1 saturated heterocycles. The highest BCUT2D eigenvalue weighted by atomic mass is 32.2. The maximum atomic E-state index is 12.7. The molecule has 2 aromatic carbocycles. The van der Waals surface area contributed by atoms with Crippen molar-refractivity contribution in [1.82, 2.24) is 4.90 Å². The highest BCUT2D eigenvalue weighted by Gasteiger charge is 2.38. The maximum absolute atomic E-state index is 12.7. The van der Waals surface area contributed by atoms with E-state index in [1.165, 1.54) is 46.5 Å². The zero-order valence-electron chi connectivity index (χ0n) is 17.2. The van der Waals surface area contributed by atoms with E-state index in [1.807, 2.05) is 31.2 Å². The summed E-state index contributed by atoms with van der Waals surface area (Å²) < 4.78 is 22.8. The van der Waals surface area contributed by atoms with Crippen LogP contribution in [0.2, 0.25) is 0 Å². The van der Waals surface area contributed by atoms with Crippen LogP contribution in [0.5, 0.6) is 0 Å². The number of primary sulfonamides is 1. The van der Waals surface area contributed by atoms with E-state index in [4.69, 9.17) is 5.14 Å². The van der Waals surface area contributed by atoms with E-state index >= 15 is 0 Å². The molecule has 0 aromatic heterocycles. The molecule has 1 fully saturated rings. The van der Waals surface area contributed by atoms with Crippen LogP contribution in [0.25, 0.3) is 0 Å². The lowest BCUT2D eigenvalue weighted by molar-refractivity contribution is -0.128. The van der Waals surface area contributed by atoms with Crippen LogP contribution >= 0.6 is 11.8 Å². The Morgan fingerprint density at radius 3 is 2.32 bits per heavy atom. The SMILES string of the molecule is CCc1ccc(NC(=O)CC2SC(=Nc3ccc(S(N)(=O)=O)cc3)N(CC)C2=O)cc1. The summed E-state index contributed by atoms with van der Waals surface area (Å²) >= 11 is 1.22. The Labute approximate surface area is 186 Å². The van der Waals surface area contributed by atoms with Gasteiger partial charge in [-0.25, -0.2) is 18.5 Å². The molecule has 8 nitrogen and oxygen atoms in total. The van der Waals surface area contributed by atoms with Gasteiger partial charge in [-0.05, 0) is 55.3 Å². The summed E-state index contributed by atoms with van der Waals surface area (Å²) in [6, 6.07) is 13.4. The number of aliphatic imine (C=N–C) groups is 1. The van der Waals surface area contributed by atoms with E-state index in [2.05, 4.69) is 17.2 Å². The summed E-state index contributed by atoms with van der Waals surface area (Å²) in [4.78, 5) is 31.2. The van der Waals surface area contributed by atoms with E-state index in [9.17, 15) is 18.0 Å².